The van der Waals surface area contributed by atoms with Crippen LogP contribution in [0.1, 0.15) is 49.0 Å². The molecule has 1 heterocycles. The van der Waals surface area contributed by atoms with Crippen molar-refractivity contribution in [3.05, 3.63) is 58.4 Å². The fourth-order valence-electron chi connectivity index (χ4n) is 4.08. The summed E-state index contributed by atoms with van der Waals surface area (Å²) in [5.74, 6) is -0.498. The maximum absolute atomic E-state index is 14.3. The zero-order valence-corrected chi connectivity index (χ0v) is 20.8. The van der Waals surface area contributed by atoms with E-state index in [0.29, 0.717) is 17.8 Å². The Morgan fingerprint density at radius 2 is 1.94 bits per heavy atom. The minimum absolute atomic E-state index is 0.0242. The molecule has 5 nitrogen and oxygen atoms in total. The third-order valence-electron chi connectivity index (χ3n) is 5.74. The number of carbonyl (C=O) groups excluding carboxylic acids is 2. The third-order valence-corrected chi connectivity index (χ3v) is 7.14. The molecule has 178 valence electrons. The van der Waals surface area contributed by atoms with Gasteiger partial charge in [-0.1, -0.05) is 31.5 Å². The van der Waals surface area contributed by atoms with Gasteiger partial charge < -0.3 is 15.1 Å². The van der Waals surface area contributed by atoms with Crippen molar-refractivity contribution >= 4 is 40.9 Å². The first kappa shape index (κ1) is 25.5. The van der Waals surface area contributed by atoms with Crippen molar-refractivity contribution in [2.24, 2.45) is 0 Å². The molecule has 0 radical (unpaired) electrons. The number of hydrogen-bond donors (Lipinski definition) is 2. The molecule has 1 aliphatic rings. The van der Waals surface area contributed by atoms with Crippen molar-refractivity contribution in [2.45, 2.75) is 44.6 Å². The first-order chi connectivity index (χ1) is 15.9. The van der Waals surface area contributed by atoms with Crippen LogP contribution in [0.3, 0.4) is 0 Å². The van der Waals surface area contributed by atoms with Crippen LogP contribution >= 0.6 is 23.4 Å². The lowest BCUT2D eigenvalue weighted by Crippen LogP contribution is -3.12. The van der Waals surface area contributed by atoms with Crippen molar-refractivity contribution in [2.75, 3.05) is 36.8 Å². The van der Waals surface area contributed by atoms with Gasteiger partial charge >= 0.3 is 0 Å². The van der Waals surface area contributed by atoms with Crippen LogP contribution in [0.5, 0.6) is 0 Å². The van der Waals surface area contributed by atoms with Gasteiger partial charge in [0.2, 0.25) is 5.91 Å². The van der Waals surface area contributed by atoms with Crippen LogP contribution in [0.2, 0.25) is 5.02 Å². The molecule has 2 aromatic rings. The quantitative estimate of drug-likeness (QED) is 0.467. The summed E-state index contributed by atoms with van der Waals surface area (Å²) in [7, 11) is 0. The number of rotatable bonds is 11. The molecule has 0 aliphatic carbocycles. The van der Waals surface area contributed by atoms with Crippen molar-refractivity contribution in [1.29, 1.82) is 0 Å². The fraction of sp³-hybridized carbons (Fsp3) is 0.440. The van der Waals surface area contributed by atoms with E-state index in [0.717, 1.165) is 43.8 Å². The highest BCUT2D eigenvalue weighted by atomic mass is 35.5. The molecular weight excluding hydrogens is 461 g/mol. The molecule has 0 saturated heterocycles. The summed E-state index contributed by atoms with van der Waals surface area (Å²) < 4.78 is 14.3. The Morgan fingerprint density at radius 1 is 1.18 bits per heavy atom. The molecule has 0 unspecified atom stereocenters. The zero-order chi connectivity index (χ0) is 23.8. The lowest BCUT2D eigenvalue weighted by molar-refractivity contribution is -0.900. The van der Waals surface area contributed by atoms with E-state index in [-0.39, 0.29) is 34.7 Å². The Labute approximate surface area is 204 Å². The van der Waals surface area contributed by atoms with Gasteiger partial charge in [-0.3, -0.25) is 9.59 Å². The molecule has 2 N–H and O–H groups in total. The monoisotopic (exact) mass is 492 g/mol. The molecule has 33 heavy (non-hydrogen) atoms. The van der Waals surface area contributed by atoms with E-state index in [1.165, 1.54) is 28.8 Å². The SMILES string of the molecule is CCC[NH+](CCC)CCCNC(=O)c1ccc2c(c1)N(Cc1c(F)cccc1Cl)C(=O)CS2. The number of amides is 2. The normalized spacial score (nSPS) is 13.4. The largest absolute Gasteiger partial charge is 0.352 e. The van der Waals surface area contributed by atoms with Crippen LogP contribution in [0.15, 0.2) is 41.3 Å². The van der Waals surface area contributed by atoms with Gasteiger partial charge in [-0.05, 0) is 43.2 Å². The number of nitrogens with one attached hydrogen (secondary N) is 2. The van der Waals surface area contributed by atoms with Gasteiger partial charge in [-0.2, -0.15) is 0 Å². The standard InChI is InChI=1S/C25H31ClFN3O2S/c1-3-12-29(13-4-2)14-6-11-28-25(32)18-9-10-23-22(15-18)30(24(31)17-33-23)16-19-20(26)7-5-8-21(19)27/h5,7-10,15H,3-4,6,11-14,16-17H2,1-2H3,(H,28,32)/p+1. The number of nitrogens with zero attached hydrogens (tertiary/aromatic N) is 1. The number of thioether (sulfide) groups is 1. The highest BCUT2D eigenvalue weighted by Gasteiger charge is 2.27. The van der Waals surface area contributed by atoms with Crippen molar-refractivity contribution in [3.8, 4) is 0 Å². The predicted molar refractivity (Wildman–Crippen MR) is 133 cm³/mol. The van der Waals surface area contributed by atoms with Crippen molar-refractivity contribution in [1.82, 2.24) is 5.32 Å². The van der Waals surface area contributed by atoms with Crippen LogP contribution in [0, 0.1) is 5.82 Å². The Hall–Kier alpha value is -2.09. The Kier molecular flexibility index (Phi) is 9.59. The Bertz CT molecular complexity index is 962. The number of quaternary nitrogens is 1. The lowest BCUT2D eigenvalue weighted by atomic mass is 10.1. The van der Waals surface area contributed by atoms with Crippen molar-refractivity contribution < 1.29 is 18.9 Å². The van der Waals surface area contributed by atoms with Gasteiger partial charge in [-0.15, -0.1) is 11.8 Å². The highest BCUT2D eigenvalue weighted by Crippen LogP contribution is 2.37. The highest BCUT2D eigenvalue weighted by molar-refractivity contribution is 8.00. The van der Waals surface area contributed by atoms with Crippen LogP contribution < -0.4 is 15.1 Å². The Morgan fingerprint density at radius 3 is 2.64 bits per heavy atom. The van der Waals surface area contributed by atoms with Gasteiger partial charge in [0, 0.05) is 34.0 Å². The first-order valence-electron chi connectivity index (χ1n) is 11.6. The van der Waals surface area contributed by atoms with Gasteiger partial charge in [0.1, 0.15) is 5.82 Å². The summed E-state index contributed by atoms with van der Waals surface area (Å²) >= 11 is 7.61. The summed E-state index contributed by atoms with van der Waals surface area (Å²) in [4.78, 5) is 29.4. The average molecular weight is 493 g/mol. The number of carbonyl (C=O) groups is 2. The number of benzene rings is 2. The van der Waals surface area contributed by atoms with E-state index in [4.69, 9.17) is 11.6 Å². The van der Waals surface area contributed by atoms with Gasteiger partial charge in [0.15, 0.2) is 0 Å². The molecule has 0 spiro atoms. The summed E-state index contributed by atoms with van der Waals surface area (Å²) in [6, 6.07) is 9.82. The molecule has 2 amide bonds. The number of anilines is 1. The lowest BCUT2D eigenvalue weighted by Gasteiger charge is -2.30. The number of hydrogen-bond acceptors (Lipinski definition) is 3. The minimum atomic E-state index is -0.453. The van der Waals surface area contributed by atoms with Crippen LogP contribution in [0.25, 0.3) is 0 Å². The molecule has 0 fully saturated rings. The van der Waals surface area contributed by atoms with E-state index >= 15 is 0 Å². The number of halogens is 2. The summed E-state index contributed by atoms with van der Waals surface area (Å²) in [6.07, 6.45) is 3.22. The Balaban J connectivity index is 1.68. The molecule has 8 heteroatoms. The zero-order valence-electron chi connectivity index (χ0n) is 19.3. The summed E-state index contributed by atoms with van der Waals surface area (Å²) in [5, 5.41) is 3.27. The van der Waals surface area contributed by atoms with E-state index in [1.807, 2.05) is 6.07 Å². The van der Waals surface area contributed by atoms with E-state index in [9.17, 15) is 14.0 Å². The van der Waals surface area contributed by atoms with E-state index in [2.05, 4.69) is 19.2 Å². The van der Waals surface area contributed by atoms with Crippen molar-refractivity contribution in [3.63, 3.8) is 0 Å². The molecule has 3 rings (SSSR count). The second-order valence-corrected chi connectivity index (χ2v) is 9.69. The van der Waals surface area contributed by atoms with Crippen LogP contribution in [0.4, 0.5) is 10.1 Å². The molecule has 0 bridgehead atoms. The van der Waals surface area contributed by atoms with Gasteiger partial charge in [0.05, 0.1) is 37.6 Å². The average Bonchev–Trinajstić information content (AvgIpc) is 2.80. The predicted octanol–water partition coefficient (Wildman–Crippen LogP) is 3.94. The van der Waals surface area contributed by atoms with E-state index < -0.39 is 5.82 Å². The van der Waals surface area contributed by atoms with E-state index in [1.54, 1.807) is 23.1 Å². The molecule has 0 aromatic heterocycles. The van der Waals surface area contributed by atoms with Gasteiger partial charge in [-0.25, -0.2) is 4.39 Å². The molecular formula is C25H32ClFN3O2S+. The minimum Gasteiger partial charge on any atom is -0.352 e. The number of fused-ring (bicyclic) bond motifs is 1. The smallest absolute Gasteiger partial charge is 0.251 e. The maximum atomic E-state index is 14.3. The molecule has 0 saturated carbocycles. The molecule has 2 aromatic carbocycles. The van der Waals surface area contributed by atoms with Gasteiger partial charge in [0.25, 0.3) is 5.91 Å². The summed E-state index contributed by atoms with van der Waals surface area (Å²) in [5.41, 5.74) is 1.37. The van der Waals surface area contributed by atoms with Crippen LogP contribution in [-0.2, 0) is 11.3 Å². The second-order valence-electron chi connectivity index (χ2n) is 8.26. The summed E-state index contributed by atoms with van der Waals surface area (Å²) in [6.45, 7) is 8.36. The fourth-order valence-corrected chi connectivity index (χ4v) is 5.22. The first-order valence-corrected chi connectivity index (χ1v) is 12.9. The molecule has 1 aliphatic heterocycles. The van der Waals surface area contributed by atoms with Crippen LogP contribution in [-0.4, -0.2) is 43.7 Å². The molecule has 0 atom stereocenters. The maximum Gasteiger partial charge on any atom is 0.251 e. The topological polar surface area (TPSA) is 53.9 Å². The second kappa shape index (κ2) is 12.4. The third kappa shape index (κ3) is 6.71.